The van der Waals surface area contributed by atoms with E-state index in [9.17, 15) is 14.9 Å². The number of carbonyl (C=O) groups is 1. The predicted molar refractivity (Wildman–Crippen MR) is 103 cm³/mol. The first kappa shape index (κ1) is 19.3. The number of anilines is 1. The van der Waals surface area contributed by atoms with E-state index in [1.54, 1.807) is 19.1 Å². The lowest BCUT2D eigenvalue weighted by Gasteiger charge is -2.10. The van der Waals surface area contributed by atoms with E-state index in [0.717, 1.165) is 11.3 Å². The van der Waals surface area contributed by atoms with E-state index < -0.39 is 4.92 Å². The number of aryl methyl sites for hydroxylation is 1. The molecule has 0 fully saturated rings. The van der Waals surface area contributed by atoms with Gasteiger partial charge in [-0.3, -0.25) is 14.9 Å². The Labute approximate surface area is 156 Å². The quantitative estimate of drug-likeness (QED) is 0.333. The largest absolute Gasteiger partial charge is 0.494 e. The molecule has 1 amide bonds. The molecular weight excluding hydrogens is 354 g/mol. The van der Waals surface area contributed by atoms with Crippen molar-refractivity contribution in [2.45, 2.75) is 19.8 Å². The molecule has 26 heavy (non-hydrogen) atoms. The van der Waals surface area contributed by atoms with Crippen LogP contribution in [0.2, 0.25) is 0 Å². The van der Waals surface area contributed by atoms with E-state index in [2.05, 4.69) is 10.6 Å². The number of hydrogen-bond donors (Lipinski definition) is 2. The third-order valence-corrected chi connectivity index (χ3v) is 3.62. The molecule has 2 N–H and O–H groups in total. The molecule has 7 nitrogen and oxygen atoms in total. The molecule has 0 heterocycles. The highest BCUT2D eigenvalue weighted by atomic mass is 32.1. The van der Waals surface area contributed by atoms with Crippen LogP contribution in [0.1, 0.15) is 18.4 Å². The van der Waals surface area contributed by atoms with Crippen molar-refractivity contribution >= 4 is 34.6 Å². The number of carbonyl (C=O) groups excluding carboxylic acids is 1. The van der Waals surface area contributed by atoms with Crippen molar-refractivity contribution in [1.82, 2.24) is 5.32 Å². The van der Waals surface area contributed by atoms with Gasteiger partial charge in [0.2, 0.25) is 5.91 Å². The van der Waals surface area contributed by atoms with Crippen LogP contribution in [0.5, 0.6) is 5.75 Å². The molecule has 0 atom stereocenters. The summed E-state index contributed by atoms with van der Waals surface area (Å²) in [5, 5.41) is 16.3. The fourth-order valence-corrected chi connectivity index (χ4v) is 2.40. The van der Waals surface area contributed by atoms with Crippen molar-refractivity contribution in [2.24, 2.45) is 0 Å². The smallest absolute Gasteiger partial charge is 0.292 e. The van der Waals surface area contributed by atoms with Crippen molar-refractivity contribution in [1.29, 1.82) is 0 Å². The molecule has 0 unspecified atom stereocenters. The zero-order chi connectivity index (χ0) is 18.9. The van der Waals surface area contributed by atoms with Crippen LogP contribution in [0.3, 0.4) is 0 Å². The number of thiocarbonyl (C=S) groups is 1. The molecule has 0 radical (unpaired) electrons. The summed E-state index contributed by atoms with van der Waals surface area (Å²) in [5.41, 5.74) is 0.895. The minimum absolute atomic E-state index is 0.0194. The Hall–Kier alpha value is -3.00. The Morgan fingerprint density at radius 2 is 1.96 bits per heavy atom. The normalized spacial score (nSPS) is 10.0. The SMILES string of the molecule is Cc1ccc(NC(=S)NC(=O)CCCOc2ccccc2)c([N+](=O)[O-])c1. The summed E-state index contributed by atoms with van der Waals surface area (Å²) in [6.45, 7) is 2.16. The number of hydrogen-bond acceptors (Lipinski definition) is 5. The van der Waals surface area contributed by atoms with Crippen molar-refractivity contribution < 1.29 is 14.5 Å². The number of nitrogens with zero attached hydrogens (tertiary/aromatic N) is 1. The average Bonchev–Trinajstić information content (AvgIpc) is 2.61. The van der Waals surface area contributed by atoms with Gasteiger partial charge in [-0.25, -0.2) is 0 Å². The fraction of sp³-hybridized carbons (Fsp3) is 0.222. The molecule has 0 saturated heterocycles. The number of rotatable bonds is 7. The van der Waals surface area contributed by atoms with Gasteiger partial charge in [0, 0.05) is 12.5 Å². The summed E-state index contributed by atoms with van der Waals surface area (Å²) < 4.78 is 5.51. The molecule has 0 aliphatic rings. The van der Waals surface area contributed by atoms with Gasteiger partial charge in [0.1, 0.15) is 11.4 Å². The summed E-state index contributed by atoms with van der Waals surface area (Å²) >= 11 is 5.05. The van der Waals surface area contributed by atoms with Gasteiger partial charge in [0.05, 0.1) is 11.5 Å². The molecular formula is C18H19N3O4S. The third-order valence-electron chi connectivity index (χ3n) is 3.41. The summed E-state index contributed by atoms with van der Waals surface area (Å²) in [6, 6.07) is 14.0. The predicted octanol–water partition coefficient (Wildman–Crippen LogP) is 3.58. The molecule has 8 heteroatoms. The summed E-state index contributed by atoms with van der Waals surface area (Å²) in [4.78, 5) is 22.5. The number of nitro benzene ring substituents is 1. The van der Waals surface area contributed by atoms with E-state index in [0.29, 0.717) is 13.0 Å². The Morgan fingerprint density at radius 3 is 2.65 bits per heavy atom. The van der Waals surface area contributed by atoms with E-state index in [-0.39, 0.29) is 28.8 Å². The van der Waals surface area contributed by atoms with E-state index in [1.165, 1.54) is 6.07 Å². The zero-order valence-electron chi connectivity index (χ0n) is 14.2. The highest BCUT2D eigenvalue weighted by Crippen LogP contribution is 2.25. The summed E-state index contributed by atoms with van der Waals surface area (Å²) in [5.74, 6) is 0.464. The Balaban J connectivity index is 1.77. The topological polar surface area (TPSA) is 93.5 Å². The van der Waals surface area contributed by atoms with Crippen LogP contribution in [0.25, 0.3) is 0 Å². The lowest BCUT2D eigenvalue weighted by atomic mass is 10.2. The second kappa shape index (κ2) is 9.47. The monoisotopic (exact) mass is 373 g/mol. The molecule has 0 bridgehead atoms. The van der Waals surface area contributed by atoms with Crippen molar-refractivity contribution in [2.75, 3.05) is 11.9 Å². The van der Waals surface area contributed by atoms with Crippen molar-refractivity contribution in [3.05, 3.63) is 64.2 Å². The first-order chi connectivity index (χ1) is 12.5. The Morgan fingerprint density at radius 1 is 1.23 bits per heavy atom. The van der Waals surface area contributed by atoms with Gasteiger partial charge in [0.25, 0.3) is 5.69 Å². The molecule has 0 aliphatic heterocycles. The summed E-state index contributed by atoms with van der Waals surface area (Å²) in [6.07, 6.45) is 0.749. The van der Waals surface area contributed by atoms with Crippen LogP contribution < -0.4 is 15.4 Å². The van der Waals surface area contributed by atoms with Crippen molar-refractivity contribution in [3.8, 4) is 5.75 Å². The van der Waals surface area contributed by atoms with Gasteiger partial charge in [-0.1, -0.05) is 24.3 Å². The highest BCUT2D eigenvalue weighted by molar-refractivity contribution is 7.80. The molecule has 136 valence electrons. The van der Waals surface area contributed by atoms with Crippen LogP contribution in [-0.2, 0) is 4.79 Å². The van der Waals surface area contributed by atoms with Crippen LogP contribution in [0, 0.1) is 17.0 Å². The second-order valence-corrected chi connectivity index (χ2v) is 5.95. The lowest BCUT2D eigenvalue weighted by Crippen LogP contribution is -2.34. The maximum absolute atomic E-state index is 11.9. The second-order valence-electron chi connectivity index (χ2n) is 5.55. The van der Waals surface area contributed by atoms with Gasteiger partial charge in [0.15, 0.2) is 5.11 Å². The molecule has 0 spiro atoms. The number of benzene rings is 2. The number of nitrogens with one attached hydrogen (secondary N) is 2. The maximum atomic E-state index is 11.9. The maximum Gasteiger partial charge on any atom is 0.292 e. The molecule has 0 aromatic heterocycles. The third kappa shape index (κ3) is 6.14. The van der Waals surface area contributed by atoms with Crippen LogP contribution in [-0.4, -0.2) is 22.5 Å². The minimum atomic E-state index is -0.499. The summed E-state index contributed by atoms with van der Waals surface area (Å²) in [7, 11) is 0. The minimum Gasteiger partial charge on any atom is -0.494 e. The average molecular weight is 373 g/mol. The first-order valence-electron chi connectivity index (χ1n) is 7.99. The fourth-order valence-electron chi connectivity index (χ4n) is 2.18. The van der Waals surface area contributed by atoms with E-state index in [1.807, 2.05) is 30.3 Å². The van der Waals surface area contributed by atoms with Crippen LogP contribution >= 0.6 is 12.2 Å². The molecule has 2 aromatic carbocycles. The Bertz CT molecular complexity index is 796. The zero-order valence-corrected chi connectivity index (χ0v) is 15.0. The van der Waals surface area contributed by atoms with Crippen LogP contribution in [0.4, 0.5) is 11.4 Å². The van der Waals surface area contributed by atoms with Gasteiger partial charge in [-0.15, -0.1) is 0 Å². The highest BCUT2D eigenvalue weighted by Gasteiger charge is 2.15. The van der Waals surface area contributed by atoms with Gasteiger partial charge in [-0.05, 0) is 49.3 Å². The Kier molecular flexibility index (Phi) is 7.04. The first-order valence-corrected chi connectivity index (χ1v) is 8.40. The molecule has 2 aromatic rings. The number of para-hydroxylation sites is 1. The number of ether oxygens (including phenoxy) is 1. The lowest BCUT2D eigenvalue weighted by molar-refractivity contribution is -0.383. The van der Waals surface area contributed by atoms with E-state index in [4.69, 9.17) is 17.0 Å². The van der Waals surface area contributed by atoms with Gasteiger partial charge < -0.3 is 15.4 Å². The molecule has 2 rings (SSSR count). The molecule has 0 saturated carbocycles. The van der Waals surface area contributed by atoms with Crippen LogP contribution in [0.15, 0.2) is 48.5 Å². The molecule has 0 aliphatic carbocycles. The standard InChI is InChI=1S/C18H19N3O4S/c1-13-9-10-15(16(12-13)21(23)24)19-18(26)20-17(22)8-5-11-25-14-6-3-2-4-7-14/h2-4,6-7,9-10,12H,5,8,11H2,1H3,(H2,19,20,22,26). The van der Waals surface area contributed by atoms with Gasteiger partial charge in [-0.2, -0.15) is 0 Å². The van der Waals surface area contributed by atoms with E-state index >= 15 is 0 Å². The van der Waals surface area contributed by atoms with Gasteiger partial charge >= 0.3 is 0 Å². The van der Waals surface area contributed by atoms with Crippen molar-refractivity contribution in [3.63, 3.8) is 0 Å². The number of amides is 1. The number of nitro groups is 1.